The summed E-state index contributed by atoms with van der Waals surface area (Å²) in [6.07, 6.45) is 1.41. The number of nitrogens with one attached hydrogen (secondary N) is 2. The van der Waals surface area contributed by atoms with Crippen molar-refractivity contribution in [3.8, 4) is 0 Å². The summed E-state index contributed by atoms with van der Waals surface area (Å²) in [4.78, 5) is 32.2. The third-order valence-electron chi connectivity index (χ3n) is 4.77. The number of hydrogen-bond acceptors (Lipinski definition) is 3. The quantitative estimate of drug-likeness (QED) is 0.340. The number of carbonyl (C=O) groups excluding carboxylic acids is 2. The molecule has 1 aliphatic rings. The lowest BCUT2D eigenvalue weighted by Gasteiger charge is -2.23. The van der Waals surface area contributed by atoms with Gasteiger partial charge < -0.3 is 20.4 Å². The molecule has 8 heteroatoms. The average molecular weight is 501 g/mol. The maximum atomic E-state index is 12.5. The summed E-state index contributed by atoms with van der Waals surface area (Å²) in [7, 11) is 1.69. The molecule has 1 aromatic carbocycles. The van der Waals surface area contributed by atoms with Gasteiger partial charge in [0, 0.05) is 45.7 Å². The lowest BCUT2D eigenvalue weighted by molar-refractivity contribution is -0.130. The van der Waals surface area contributed by atoms with Crippen LogP contribution in [0.15, 0.2) is 35.3 Å². The number of benzene rings is 1. The van der Waals surface area contributed by atoms with Gasteiger partial charge in [-0.25, -0.2) is 0 Å². The van der Waals surface area contributed by atoms with Crippen molar-refractivity contribution in [2.75, 3.05) is 33.2 Å². The molecule has 2 amide bonds. The average Bonchev–Trinajstić information content (AvgIpc) is 3.17. The second kappa shape index (κ2) is 12.6. The Hall–Kier alpha value is -1.84. The van der Waals surface area contributed by atoms with E-state index in [9.17, 15) is 9.59 Å². The number of aliphatic imine (C=N–C) groups is 1. The first-order valence-corrected chi connectivity index (χ1v) is 9.64. The molecular weight excluding hydrogens is 469 g/mol. The third-order valence-corrected chi connectivity index (χ3v) is 4.77. The summed E-state index contributed by atoms with van der Waals surface area (Å²) in [6, 6.07) is 10.1. The Morgan fingerprint density at radius 3 is 2.57 bits per heavy atom. The number of guanidine groups is 1. The molecule has 1 aromatic rings. The monoisotopic (exact) mass is 501 g/mol. The molecule has 0 spiro atoms. The van der Waals surface area contributed by atoms with E-state index in [0.29, 0.717) is 32.0 Å². The molecule has 1 saturated heterocycles. The number of halogens is 1. The van der Waals surface area contributed by atoms with Crippen LogP contribution >= 0.6 is 24.0 Å². The predicted octanol–water partition coefficient (Wildman–Crippen LogP) is 1.83. The molecule has 1 atom stereocenters. The van der Waals surface area contributed by atoms with E-state index in [4.69, 9.17) is 0 Å². The molecule has 2 N–H and O–H groups in total. The Morgan fingerprint density at radius 1 is 1.25 bits per heavy atom. The molecule has 2 rings (SSSR count). The van der Waals surface area contributed by atoms with E-state index in [2.05, 4.69) is 15.6 Å². The molecule has 1 aliphatic heterocycles. The van der Waals surface area contributed by atoms with Crippen LogP contribution in [0.4, 0.5) is 0 Å². The number of rotatable bonds is 7. The highest BCUT2D eigenvalue weighted by Gasteiger charge is 2.26. The van der Waals surface area contributed by atoms with E-state index >= 15 is 0 Å². The van der Waals surface area contributed by atoms with Crippen molar-refractivity contribution in [3.05, 3.63) is 35.9 Å². The highest BCUT2D eigenvalue weighted by atomic mass is 127. The fourth-order valence-corrected chi connectivity index (χ4v) is 3.17. The van der Waals surface area contributed by atoms with E-state index in [0.717, 1.165) is 18.5 Å². The van der Waals surface area contributed by atoms with Crippen LogP contribution in [0.1, 0.15) is 32.3 Å². The lowest BCUT2D eigenvalue weighted by Crippen LogP contribution is -2.48. The number of carbonyl (C=O) groups is 2. The molecule has 0 radical (unpaired) electrons. The lowest BCUT2D eigenvalue weighted by atomic mass is 10.2. The minimum Gasteiger partial charge on any atom is -0.352 e. The number of nitrogens with zero attached hydrogens (tertiary/aromatic N) is 3. The number of amides is 2. The first kappa shape index (κ1) is 24.2. The molecule has 0 aromatic heterocycles. The first-order valence-electron chi connectivity index (χ1n) is 9.64. The summed E-state index contributed by atoms with van der Waals surface area (Å²) in [5, 5.41) is 6.41. The van der Waals surface area contributed by atoms with Gasteiger partial charge in [-0.2, -0.15) is 0 Å². The topological polar surface area (TPSA) is 77.0 Å². The maximum absolute atomic E-state index is 12.5. The molecule has 0 saturated carbocycles. The van der Waals surface area contributed by atoms with Crippen LogP contribution < -0.4 is 10.6 Å². The van der Waals surface area contributed by atoms with E-state index < -0.39 is 0 Å². The SMILES string of the molecule is CCC(=O)N1CCC(NC(=NC)NCC(=O)N(CC)Cc2ccccc2)C1.I. The van der Waals surface area contributed by atoms with E-state index in [1.807, 2.05) is 54.0 Å². The highest BCUT2D eigenvalue weighted by Crippen LogP contribution is 2.10. The first-order chi connectivity index (χ1) is 13.1. The number of hydrogen-bond donors (Lipinski definition) is 2. The van der Waals surface area contributed by atoms with E-state index in [-0.39, 0.29) is 48.4 Å². The second-order valence-electron chi connectivity index (χ2n) is 6.64. The van der Waals surface area contributed by atoms with Crippen LogP contribution in [0.3, 0.4) is 0 Å². The van der Waals surface area contributed by atoms with Crippen molar-refractivity contribution in [3.63, 3.8) is 0 Å². The number of likely N-dealkylation sites (N-methyl/N-ethyl adjacent to an activating group) is 1. The van der Waals surface area contributed by atoms with Crippen LogP contribution in [0.25, 0.3) is 0 Å². The Morgan fingerprint density at radius 2 is 1.96 bits per heavy atom. The summed E-state index contributed by atoms with van der Waals surface area (Å²) in [5.74, 6) is 0.797. The largest absolute Gasteiger partial charge is 0.352 e. The molecule has 0 bridgehead atoms. The van der Waals surface area contributed by atoms with Gasteiger partial charge in [-0.15, -0.1) is 24.0 Å². The van der Waals surface area contributed by atoms with Gasteiger partial charge in [0.2, 0.25) is 11.8 Å². The maximum Gasteiger partial charge on any atom is 0.242 e. The van der Waals surface area contributed by atoms with Crippen molar-refractivity contribution in [1.82, 2.24) is 20.4 Å². The van der Waals surface area contributed by atoms with Gasteiger partial charge in [0.25, 0.3) is 0 Å². The van der Waals surface area contributed by atoms with Gasteiger partial charge in [0.05, 0.1) is 6.54 Å². The standard InChI is InChI=1S/C20H31N5O2.HI/c1-4-18(26)25-12-11-17(15-25)23-20(21-3)22-13-19(27)24(5-2)14-16-9-7-6-8-10-16;/h6-10,17H,4-5,11-15H2,1-3H3,(H2,21,22,23);1H. The normalized spacial score (nSPS) is 16.3. The van der Waals surface area contributed by atoms with Gasteiger partial charge in [-0.3, -0.25) is 14.6 Å². The van der Waals surface area contributed by atoms with E-state index in [1.54, 1.807) is 7.05 Å². The fourth-order valence-electron chi connectivity index (χ4n) is 3.17. The van der Waals surface area contributed by atoms with Crippen LogP contribution in [0, 0.1) is 0 Å². The van der Waals surface area contributed by atoms with Crippen LogP contribution in [0.5, 0.6) is 0 Å². The third kappa shape index (κ3) is 7.29. The molecular formula is C20H32IN5O2. The van der Waals surface area contributed by atoms with Crippen molar-refractivity contribution >= 4 is 41.8 Å². The van der Waals surface area contributed by atoms with Gasteiger partial charge in [0.1, 0.15) is 0 Å². The fraction of sp³-hybridized carbons (Fsp3) is 0.550. The molecule has 1 heterocycles. The molecule has 1 fully saturated rings. The second-order valence-corrected chi connectivity index (χ2v) is 6.64. The van der Waals surface area contributed by atoms with Crippen molar-refractivity contribution in [2.24, 2.45) is 4.99 Å². The zero-order chi connectivity index (χ0) is 19.6. The minimum atomic E-state index is 0. The Bertz CT molecular complexity index is 653. The van der Waals surface area contributed by atoms with E-state index in [1.165, 1.54) is 0 Å². The van der Waals surface area contributed by atoms with Crippen molar-refractivity contribution < 1.29 is 9.59 Å². The summed E-state index contributed by atoms with van der Waals surface area (Å²) in [6.45, 7) is 6.73. The molecule has 28 heavy (non-hydrogen) atoms. The Balaban J connectivity index is 0.00000392. The van der Waals surface area contributed by atoms with Crippen molar-refractivity contribution in [2.45, 2.75) is 39.3 Å². The molecule has 156 valence electrons. The van der Waals surface area contributed by atoms with Crippen LogP contribution in [-0.2, 0) is 16.1 Å². The van der Waals surface area contributed by atoms with Crippen LogP contribution in [0.2, 0.25) is 0 Å². The van der Waals surface area contributed by atoms with Gasteiger partial charge >= 0.3 is 0 Å². The summed E-state index contributed by atoms with van der Waals surface area (Å²) in [5.41, 5.74) is 1.11. The number of likely N-dealkylation sites (tertiary alicyclic amines) is 1. The molecule has 7 nitrogen and oxygen atoms in total. The summed E-state index contributed by atoms with van der Waals surface area (Å²) < 4.78 is 0. The van der Waals surface area contributed by atoms with Crippen LogP contribution in [-0.4, -0.2) is 66.8 Å². The Labute approximate surface area is 185 Å². The van der Waals surface area contributed by atoms with Gasteiger partial charge in [-0.05, 0) is 18.9 Å². The highest BCUT2D eigenvalue weighted by molar-refractivity contribution is 14.0. The molecule has 0 aliphatic carbocycles. The van der Waals surface area contributed by atoms with Gasteiger partial charge in [0.15, 0.2) is 5.96 Å². The predicted molar refractivity (Wildman–Crippen MR) is 123 cm³/mol. The molecule has 1 unspecified atom stereocenters. The van der Waals surface area contributed by atoms with Crippen molar-refractivity contribution in [1.29, 1.82) is 0 Å². The Kier molecular flexibility index (Phi) is 10.9. The smallest absolute Gasteiger partial charge is 0.242 e. The zero-order valence-corrected chi connectivity index (χ0v) is 19.3. The van der Waals surface area contributed by atoms with Gasteiger partial charge in [-0.1, -0.05) is 37.3 Å². The summed E-state index contributed by atoms with van der Waals surface area (Å²) >= 11 is 0. The minimum absolute atomic E-state index is 0. The zero-order valence-electron chi connectivity index (χ0n) is 17.0.